The number of methoxy groups -OCH3 is 1. The SMILES string of the molecule is CCCSc1cc(OC)c(Cl)c(-c2cc3cnc(NC4CCCOC4)nc3c(NCCCCNC(C)C)n2)c1Cl. The van der Waals surface area contributed by atoms with Gasteiger partial charge in [-0.15, -0.1) is 11.8 Å². The van der Waals surface area contributed by atoms with Gasteiger partial charge in [-0.3, -0.25) is 0 Å². The van der Waals surface area contributed by atoms with Gasteiger partial charge in [0.2, 0.25) is 5.95 Å². The lowest BCUT2D eigenvalue weighted by Gasteiger charge is -2.23. The Morgan fingerprint density at radius 2 is 1.98 bits per heavy atom. The Morgan fingerprint density at radius 1 is 1.15 bits per heavy atom. The van der Waals surface area contributed by atoms with E-state index in [-0.39, 0.29) is 6.04 Å². The van der Waals surface area contributed by atoms with Gasteiger partial charge in [0.05, 0.1) is 35.5 Å². The number of nitrogens with zero attached hydrogens (tertiary/aromatic N) is 3. The van der Waals surface area contributed by atoms with Crippen molar-refractivity contribution in [2.24, 2.45) is 0 Å². The normalized spacial score (nSPS) is 15.5. The van der Waals surface area contributed by atoms with Gasteiger partial charge in [-0.1, -0.05) is 44.0 Å². The number of rotatable bonds is 14. The van der Waals surface area contributed by atoms with E-state index in [1.807, 2.05) is 18.3 Å². The number of ether oxygens (including phenoxy) is 2. The second-order valence-electron chi connectivity index (χ2n) is 10.2. The lowest BCUT2D eigenvalue weighted by atomic mass is 10.1. The van der Waals surface area contributed by atoms with E-state index < -0.39 is 0 Å². The van der Waals surface area contributed by atoms with Gasteiger partial charge in [0.1, 0.15) is 11.3 Å². The molecule has 1 unspecified atom stereocenters. The first kappa shape index (κ1) is 30.9. The van der Waals surface area contributed by atoms with Crippen LogP contribution < -0.4 is 20.7 Å². The third-order valence-electron chi connectivity index (χ3n) is 6.58. The molecule has 4 rings (SSSR count). The molecule has 1 aliphatic rings. The van der Waals surface area contributed by atoms with Gasteiger partial charge in [0, 0.05) is 41.2 Å². The Balaban J connectivity index is 1.71. The summed E-state index contributed by atoms with van der Waals surface area (Å²) in [5, 5.41) is 12.3. The number of halogens is 2. The largest absolute Gasteiger partial charge is 0.495 e. The first-order valence-corrected chi connectivity index (χ1v) is 15.8. The Hall–Kier alpha value is -2.04. The highest BCUT2D eigenvalue weighted by atomic mass is 35.5. The van der Waals surface area contributed by atoms with Crippen molar-refractivity contribution in [3.8, 4) is 17.0 Å². The first-order valence-electron chi connectivity index (χ1n) is 14.1. The molecule has 11 heteroatoms. The molecule has 0 radical (unpaired) electrons. The van der Waals surface area contributed by atoms with Crippen molar-refractivity contribution in [2.75, 3.05) is 49.8 Å². The highest BCUT2D eigenvalue weighted by Gasteiger charge is 2.22. The maximum Gasteiger partial charge on any atom is 0.223 e. The number of hydrogen-bond donors (Lipinski definition) is 3. The van der Waals surface area contributed by atoms with E-state index in [1.165, 1.54) is 0 Å². The van der Waals surface area contributed by atoms with E-state index >= 15 is 0 Å². The second kappa shape index (κ2) is 15.3. The van der Waals surface area contributed by atoms with E-state index in [9.17, 15) is 0 Å². The smallest absolute Gasteiger partial charge is 0.223 e. The van der Waals surface area contributed by atoms with Crippen LogP contribution in [0.4, 0.5) is 11.8 Å². The molecule has 8 nitrogen and oxygen atoms in total. The molecule has 1 saturated heterocycles. The van der Waals surface area contributed by atoms with E-state index in [2.05, 4.69) is 41.7 Å². The molecule has 1 aliphatic heterocycles. The molecule has 1 atom stereocenters. The standard InChI is InChI=1S/C29H40Cl2N6O2S/c1-5-13-40-23-15-22(38-4)25(30)24(26(23)31)21-14-19-16-34-29(35-20-9-8-12-39-17-20)37-27(19)28(36-21)33-11-7-6-10-32-18(2)3/h14-16,18,20,32H,5-13,17H2,1-4H3,(H,33,36)(H,34,35,37). The molecule has 1 fully saturated rings. The lowest BCUT2D eigenvalue weighted by Crippen LogP contribution is -2.30. The number of nitrogens with one attached hydrogen (secondary N) is 3. The summed E-state index contributed by atoms with van der Waals surface area (Å²) in [6.45, 7) is 9.64. The topological polar surface area (TPSA) is 93.2 Å². The minimum Gasteiger partial charge on any atom is -0.495 e. The average molecular weight is 608 g/mol. The number of aromatic nitrogens is 3. The number of pyridine rings is 1. The van der Waals surface area contributed by atoms with Crippen LogP contribution in [0.5, 0.6) is 5.75 Å². The fourth-order valence-electron chi connectivity index (χ4n) is 4.52. The quantitative estimate of drug-likeness (QED) is 0.129. The highest BCUT2D eigenvalue weighted by molar-refractivity contribution is 7.99. The predicted molar refractivity (Wildman–Crippen MR) is 169 cm³/mol. The van der Waals surface area contributed by atoms with Gasteiger partial charge < -0.3 is 25.4 Å². The van der Waals surface area contributed by atoms with Crippen molar-refractivity contribution >= 4 is 57.6 Å². The number of fused-ring (bicyclic) bond motifs is 1. The Labute approximate surface area is 251 Å². The zero-order valence-corrected chi connectivity index (χ0v) is 26.1. The van der Waals surface area contributed by atoms with Crippen LogP contribution in [-0.4, -0.2) is 66.2 Å². The fraction of sp³-hybridized carbons (Fsp3) is 0.552. The summed E-state index contributed by atoms with van der Waals surface area (Å²) in [5.41, 5.74) is 2.04. The van der Waals surface area contributed by atoms with Gasteiger partial charge in [-0.25, -0.2) is 15.0 Å². The summed E-state index contributed by atoms with van der Waals surface area (Å²) in [6, 6.07) is 4.51. The van der Waals surface area contributed by atoms with Gasteiger partial charge in [0.25, 0.3) is 0 Å². The zero-order chi connectivity index (χ0) is 28.5. The Morgan fingerprint density at radius 3 is 2.70 bits per heavy atom. The highest BCUT2D eigenvalue weighted by Crippen LogP contribution is 2.46. The molecule has 3 N–H and O–H groups in total. The maximum absolute atomic E-state index is 6.96. The minimum absolute atomic E-state index is 0.191. The molecule has 1 aromatic carbocycles. The van der Waals surface area contributed by atoms with E-state index in [0.29, 0.717) is 51.5 Å². The van der Waals surface area contributed by atoms with Crippen molar-refractivity contribution in [1.82, 2.24) is 20.3 Å². The van der Waals surface area contributed by atoms with Crippen LogP contribution in [-0.2, 0) is 4.74 Å². The van der Waals surface area contributed by atoms with Gasteiger partial charge >= 0.3 is 0 Å². The zero-order valence-electron chi connectivity index (χ0n) is 23.8. The molecule has 40 heavy (non-hydrogen) atoms. The summed E-state index contributed by atoms with van der Waals surface area (Å²) >= 11 is 15.5. The van der Waals surface area contributed by atoms with Crippen LogP contribution in [0.3, 0.4) is 0 Å². The number of thioether (sulfide) groups is 1. The second-order valence-corrected chi connectivity index (χ2v) is 12.1. The maximum atomic E-state index is 6.96. The molecular weight excluding hydrogens is 567 g/mol. The molecule has 0 amide bonds. The van der Waals surface area contributed by atoms with E-state index in [0.717, 1.165) is 73.4 Å². The monoisotopic (exact) mass is 606 g/mol. The van der Waals surface area contributed by atoms with Crippen LogP contribution >= 0.6 is 35.0 Å². The summed E-state index contributed by atoms with van der Waals surface area (Å²) < 4.78 is 11.2. The molecular formula is C29H40Cl2N6O2S. The van der Waals surface area contributed by atoms with Crippen LogP contribution in [0.2, 0.25) is 10.0 Å². The van der Waals surface area contributed by atoms with Crippen molar-refractivity contribution in [3.05, 3.63) is 28.4 Å². The van der Waals surface area contributed by atoms with Crippen LogP contribution in [0.25, 0.3) is 22.2 Å². The van der Waals surface area contributed by atoms with Crippen molar-refractivity contribution in [3.63, 3.8) is 0 Å². The molecule has 0 spiro atoms. The van der Waals surface area contributed by atoms with Crippen LogP contribution in [0.1, 0.15) is 52.9 Å². The molecule has 3 heterocycles. The summed E-state index contributed by atoms with van der Waals surface area (Å²) in [6.07, 6.45) is 6.94. The molecule has 2 aromatic heterocycles. The third kappa shape index (κ3) is 8.03. The third-order valence-corrected chi connectivity index (χ3v) is 8.70. The van der Waals surface area contributed by atoms with Crippen LogP contribution in [0.15, 0.2) is 23.2 Å². The number of hydrogen-bond acceptors (Lipinski definition) is 9. The van der Waals surface area contributed by atoms with Crippen molar-refractivity contribution in [2.45, 2.75) is 69.9 Å². The van der Waals surface area contributed by atoms with E-state index in [1.54, 1.807) is 18.9 Å². The van der Waals surface area contributed by atoms with Gasteiger partial charge in [0.15, 0.2) is 5.82 Å². The number of unbranched alkanes of at least 4 members (excludes halogenated alkanes) is 1. The predicted octanol–water partition coefficient (Wildman–Crippen LogP) is 7.29. The van der Waals surface area contributed by atoms with Crippen molar-refractivity contribution < 1.29 is 9.47 Å². The first-order chi connectivity index (χ1) is 19.4. The molecule has 3 aromatic rings. The lowest BCUT2D eigenvalue weighted by molar-refractivity contribution is 0.0874. The molecule has 0 saturated carbocycles. The fourth-order valence-corrected chi connectivity index (χ4v) is 6.15. The molecule has 0 aliphatic carbocycles. The van der Waals surface area contributed by atoms with Crippen molar-refractivity contribution in [1.29, 1.82) is 0 Å². The Kier molecular flexibility index (Phi) is 11.8. The number of anilines is 2. The van der Waals surface area contributed by atoms with Crippen LogP contribution in [0, 0.1) is 0 Å². The summed E-state index contributed by atoms with van der Waals surface area (Å²) in [4.78, 5) is 15.4. The molecule has 218 valence electrons. The van der Waals surface area contributed by atoms with Gasteiger partial charge in [-0.2, -0.15) is 0 Å². The summed E-state index contributed by atoms with van der Waals surface area (Å²) in [7, 11) is 1.61. The summed E-state index contributed by atoms with van der Waals surface area (Å²) in [5.74, 6) is 2.74. The Bertz CT molecular complexity index is 1270. The number of benzene rings is 1. The average Bonchev–Trinajstić information content (AvgIpc) is 2.95. The molecule has 0 bridgehead atoms. The minimum atomic E-state index is 0.191. The van der Waals surface area contributed by atoms with E-state index in [4.69, 9.17) is 42.6 Å². The van der Waals surface area contributed by atoms with Gasteiger partial charge in [-0.05, 0) is 56.5 Å².